The highest BCUT2D eigenvalue weighted by Crippen LogP contribution is 2.40. The van der Waals surface area contributed by atoms with E-state index in [1.807, 2.05) is 24.3 Å². The first-order chi connectivity index (χ1) is 11.4. The van der Waals surface area contributed by atoms with Crippen LogP contribution in [0.1, 0.15) is 31.4 Å². The zero-order valence-electron chi connectivity index (χ0n) is 14.1. The number of benzene rings is 1. The summed E-state index contributed by atoms with van der Waals surface area (Å²) in [6.45, 7) is 2.54. The molecule has 0 spiro atoms. The van der Waals surface area contributed by atoms with Crippen LogP contribution in [0.5, 0.6) is 5.75 Å². The molecule has 0 amide bonds. The maximum atomic E-state index is 13.2. The summed E-state index contributed by atoms with van der Waals surface area (Å²) in [7, 11) is -0.495. The average Bonchev–Trinajstić information content (AvgIpc) is 3.01. The second kappa shape index (κ2) is 6.52. The van der Waals surface area contributed by atoms with Crippen LogP contribution < -0.4 is 4.74 Å². The number of para-hydroxylation sites is 1. The Morgan fingerprint density at radius 1 is 1.25 bits per heavy atom. The Hall–Kier alpha value is -1.93. The van der Waals surface area contributed by atoms with Crippen molar-refractivity contribution in [2.45, 2.75) is 30.8 Å². The summed E-state index contributed by atoms with van der Waals surface area (Å²) in [6, 6.07) is 7.34. The normalized spacial score (nSPS) is 22.5. The number of methoxy groups -OCH3 is 1. The van der Waals surface area contributed by atoms with Crippen molar-refractivity contribution >= 4 is 10.0 Å². The Labute approximate surface area is 142 Å². The van der Waals surface area contributed by atoms with E-state index in [1.165, 1.54) is 10.9 Å². The largest absolute Gasteiger partial charge is 0.496 e. The summed E-state index contributed by atoms with van der Waals surface area (Å²) in [5, 5.41) is 7.59. The number of aromatic nitrogens is 3. The Bertz CT molecular complexity index is 818. The molecule has 2 atom stereocenters. The first-order valence-corrected chi connectivity index (χ1v) is 9.38. The molecule has 0 N–H and O–H groups in total. The molecule has 24 heavy (non-hydrogen) atoms. The van der Waals surface area contributed by atoms with Crippen LogP contribution in [0, 0.1) is 5.92 Å². The van der Waals surface area contributed by atoms with Gasteiger partial charge in [-0.3, -0.25) is 0 Å². The topological polar surface area (TPSA) is 77.3 Å². The maximum absolute atomic E-state index is 13.2. The maximum Gasteiger partial charge on any atom is 0.262 e. The molecule has 0 radical (unpaired) electrons. The van der Waals surface area contributed by atoms with E-state index in [9.17, 15) is 8.42 Å². The van der Waals surface area contributed by atoms with Gasteiger partial charge in [0.2, 0.25) is 0 Å². The van der Waals surface area contributed by atoms with Crippen molar-refractivity contribution in [2.24, 2.45) is 13.0 Å². The smallest absolute Gasteiger partial charge is 0.262 e. The molecule has 1 aromatic carbocycles. The predicted molar refractivity (Wildman–Crippen MR) is 89.0 cm³/mol. The quantitative estimate of drug-likeness (QED) is 0.843. The summed E-state index contributed by atoms with van der Waals surface area (Å²) in [5.41, 5.74) is 0.894. The van der Waals surface area contributed by atoms with Crippen molar-refractivity contribution in [3.05, 3.63) is 36.0 Å². The molecule has 130 valence electrons. The lowest BCUT2D eigenvalue weighted by Gasteiger charge is -2.38. The van der Waals surface area contributed by atoms with Gasteiger partial charge in [0.15, 0.2) is 5.03 Å². The summed E-state index contributed by atoms with van der Waals surface area (Å²) in [4.78, 5) is 0. The molecule has 0 bridgehead atoms. The monoisotopic (exact) mass is 350 g/mol. The van der Waals surface area contributed by atoms with Gasteiger partial charge in [-0.15, -0.1) is 5.10 Å². The summed E-state index contributed by atoms with van der Waals surface area (Å²) < 4.78 is 34.7. The molecule has 2 unspecified atom stereocenters. The van der Waals surface area contributed by atoms with Crippen LogP contribution in [0.4, 0.5) is 0 Å². The molecule has 3 rings (SSSR count). The van der Waals surface area contributed by atoms with Crippen LogP contribution in [0.2, 0.25) is 0 Å². The van der Waals surface area contributed by atoms with Gasteiger partial charge in [-0.25, -0.2) is 13.1 Å². The minimum Gasteiger partial charge on any atom is -0.496 e. The van der Waals surface area contributed by atoms with E-state index >= 15 is 0 Å². The number of nitrogens with zero attached hydrogens (tertiary/aromatic N) is 4. The highest BCUT2D eigenvalue weighted by atomic mass is 32.2. The van der Waals surface area contributed by atoms with E-state index in [4.69, 9.17) is 4.74 Å². The van der Waals surface area contributed by atoms with Crippen molar-refractivity contribution < 1.29 is 13.2 Å². The van der Waals surface area contributed by atoms with Gasteiger partial charge in [-0.05, 0) is 24.8 Å². The molecule has 1 aliphatic rings. The van der Waals surface area contributed by atoms with E-state index in [1.54, 1.807) is 18.5 Å². The molecule has 1 aliphatic heterocycles. The van der Waals surface area contributed by atoms with E-state index < -0.39 is 10.0 Å². The van der Waals surface area contributed by atoms with Crippen LogP contribution in [-0.4, -0.2) is 41.4 Å². The lowest BCUT2D eigenvalue weighted by Crippen LogP contribution is -2.42. The van der Waals surface area contributed by atoms with Crippen LogP contribution in [0.25, 0.3) is 0 Å². The number of piperidine rings is 1. The number of hydrogen-bond donors (Lipinski definition) is 0. The molecule has 2 heterocycles. The van der Waals surface area contributed by atoms with E-state index in [0.717, 1.165) is 18.4 Å². The highest BCUT2D eigenvalue weighted by molar-refractivity contribution is 7.89. The Balaban J connectivity index is 2.07. The summed E-state index contributed by atoms with van der Waals surface area (Å²) in [6.07, 6.45) is 3.03. The van der Waals surface area contributed by atoms with Gasteiger partial charge in [0.25, 0.3) is 10.0 Å². The minimum atomic E-state index is -3.69. The van der Waals surface area contributed by atoms with Crippen molar-refractivity contribution in [1.29, 1.82) is 0 Å². The number of sulfonamides is 1. The first-order valence-electron chi connectivity index (χ1n) is 7.94. The van der Waals surface area contributed by atoms with Gasteiger partial charge in [0, 0.05) is 19.2 Å². The van der Waals surface area contributed by atoms with Gasteiger partial charge >= 0.3 is 0 Å². The number of aryl methyl sites for hydroxylation is 1. The second-order valence-corrected chi connectivity index (χ2v) is 8.05. The number of ether oxygens (including phenoxy) is 1. The van der Waals surface area contributed by atoms with E-state index in [0.29, 0.717) is 18.2 Å². The molecule has 1 aromatic heterocycles. The lowest BCUT2D eigenvalue weighted by atomic mass is 9.91. The molecule has 0 saturated carbocycles. The van der Waals surface area contributed by atoms with Crippen LogP contribution in [0.3, 0.4) is 0 Å². The molecular formula is C16H22N4O3S. The van der Waals surface area contributed by atoms with Gasteiger partial charge in [0.1, 0.15) is 5.75 Å². The fourth-order valence-electron chi connectivity index (χ4n) is 3.26. The third kappa shape index (κ3) is 2.91. The molecule has 1 saturated heterocycles. The van der Waals surface area contributed by atoms with Gasteiger partial charge in [-0.2, -0.15) is 4.31 Å². The van der Waals surface area contributed by atoms with Gasteiger partial charge in [-0.1, -0.05) is 30.3 Å². The molecular weight excluding hydrogens is 328 g/mol. The van der Waals surface area contributed by atoms with Crippen molar-refractivity contribution in [3.8, 4) is 5.75 Å². The molecule has 2 aromatic rings. The molecule has 0 aliphatic carbocycles. The standard InChI is InChI=1S/C16H22N4O3S/c1-12-8-9-14(13-6-4-5-7-15(13)23-3)20(11-12)24(21,22)16-10-17-18-19(16)2/h4-7,10,12,14H,8-9,11H2,1-3H3. The zero-order chi connectivity index (χ0) is 17.3. The molecule has 8 heteroatoms. The van der Waals surface area contributed by atoms with Crippen molar-refractivity contribution in [1.82, 2.24) is 19.3 Å². The van der Waals surface area contributed by atoms with Crippen LogP contribution >= 0.6 is 0 Å². The third-order valence-electron chi connectivity index (χ3n) is 4.52. The number of rotatable bonds is 4. The second-order valence-electron chi connectivity index (χ2n) is 6.21. The van der Waals surface area contributed by atoms with Crippen LogP contribution in [0.15, 0.2) is 35.5 Å². The Kier molecular flexibility index (Phi) is 4.60. The van der Waals surface area contributed by atoms with Gasteiger partial charge < -0.3 is 4.74 Å². The third-order valence-corrected chi connectivity index (χ3v) is 6.44. The average molecular weight is 350 g/mol. The lowest BCUT2D eigenvalue weighted by molar-refractivity contribution is 0.202. The molecule has 7 nitrogen and oxygen atoms in total. The predicted octanol–water partition coefficient (Wildman–Crippen LogP) is 1.99. The first kappa shape index (κ1) is 16.9. The Morgan fingerprint density at radius 3 is 2.67 bits per heavy atom. The van der Waals surface area contributed by atoms with Crippen molar-refractivity contribution in [3.63, 3.8) is 0 Å². The molecule has 1 fully saturated rings. The SMILES string of the molecule is COc1ccccc1C1CCC(C)CN1S(=O)(=O)c1cnnn1C. The van der Waals surface area contributed by atoms with Crippen molar-refractivity contribution in [2.75, 3.05) is 13.7 Å². The summed E-state index contributed by atoms with van der Waals surface area (Å²) in [5.74, 6) is 1.01. The minimum absolute atomic E-state index is 0.108. The summed E-state index contributed by atoms with van der Waals surface area (Å²) >= 11 is 0. The van der Waals surface area contributed by atoms with E-state index in [-0.39, 0.29) is 11.1 Å². The fourth-order valence-corrected chi connectivity index (χ4v) is 5.06. The fraction of sp³-hybridized carbons (Fsp3) is 0.500. The number of hydrogen-bond acceptors (Lipinski definition) is 5. The Morgan fingerprint density at radius 2 is 2.00 bits per heavy atom. The highest BCUT2D eigenvalue weighted by Gasteiger charge is 2.39. The zero-order valence-corrected chi connectivity index (χ0v) is 14.9. The van der Waals surface area contributed by atoms with Crippen LogP contribution in [-0.2, 0) is 17.1 Å². The van der Waals surface area contributed by atoms with Gasteiger partial charge in [0.05, 0.1) is 19.3 Å². The van der Waals surface area contributed by atoms with E-state index in [2.05, 4.69) is 17.2 Å².